The molecule has 0 aliphatic rings. The lowest BCUT2D eigenvalue weighted by atomic mass is 10.2. The number of carbonyl (C=O) groups excluding carboxylic acids is 1. The van der Waals surface area contributed by atoms with E-state index in [0.717, 1.165) is 11.1 Å². The minimum absolute atomic E-state index is 0.0689. The van der Waals surface area contributed by atoms with E-state index in [1.165, 1.54) is 0 Å². The number of anilines is 1. The molecule has 8 nitrogen and oxygen atoms in total. The van der Waals surface area contributed by atoms with Crippen molar-refractivity contribution in [2.75, 3.05) is 5.32 Å². The van der Waals surface area contributed by atoms with E-state index in [1.54, 1.807) is 17.0 Å². The van der Waals surface area contributed by atoms with Crippen LogP contribution in [0.4, 0.5) is 10.7 Å². The van der Waals surface area contributed by atoms with Crippen molar-refractivity contribution in [1.82, 2.24) is 19.5 Å². The first kappa shape index (κ1) is 20.1. The number of imidazole rings is 1. The lowest BCUT2D eigenvalue weighted by Gasteiger charge is -2.10. The van der Waals surface area contributed by atoms with Gasteiger partial charge in [-0.05, 0) is 11.1 Å². The number of rotatable bonds is 8. The summed E-state index contributed by atoms with van der Waals surface area (Å²) in [5.74, 6) is 0.342. The summed E-state index contributed by atoms with van der Waals surface area (Å²) in [7, 11) is 0. The number of amides is 1. The third-order valence-electron chi connectivity index (χ3n) is 4.40. The number of benzene rings is 2. The Kier molecular flexibility index (Phi) is 6.18. The van der Waals surface area contributed by atoms with Crippen LogP contribution in [0.3, 0.4) is 0 Å². The van der Waals surface area contributed by atoms with Crippen molar-refractivity contribution >= 4 is 23.2 Å². The molecule has 1 amide bonds. The minimum Gasteiger partial charge on any atom is -0.471 e. The van der Waals surface area contributed by atoms with Crippen molar-refractivity contribution in [2.45, 2.75) is 19.8 Å². The zero-order valence-corrected chi connectivity index (χ0v) is 16.8. The number of aromatic nitrogens is 4. The summed E-state index contributed by atoms with van der Waals surface area (Å²) in [5.41, 5.74) is 2.89. The van der Waals surface area contributed by atoms with Gasteiger partial charge in [-0.15, -0.1) is 6.58 Å². The lowest BCUT2D eigenvalue weighted by molar-refractivity contribution is 0.155. The van der Waals surface area contributed by atoms with Crippen LogP contribution >= 0.6 is 0 Å². The summed E-state index contributed by atoms with van der Waals surface area (Å²) >= 11 is 0. The van der Waals surface area contributed by atoms with Gasteiger partial charge in [0.05, 0.1) is 6.33 Å². The molecule has 156 valence electrons. The van der Waals surface area contributed by atoms with E-state index >= 15 is 0 Å². The molecule has 0 saturated carbocycles. The van der Waals surface area contributed by atoms with Crippen LogP contribution in [0.15, 0.2) is 79.6 Å². The molecule has 0 aliphatic carbocycles. The van der Waals surface area contributed by atoms with Crippen LogP contribution in [0.25, 0.3) is 11.2 Å². The van der Waals surface area contributed by atoms with E-state index in [2.05, 4.69) is 26.8 Å². The summed E-state index contributed by atoms with van der Waals surface area (Å²) < 4.78 is 13.0. The molecule has 0 radical (unpaired) electrons. The molecule has 2 heterocycles. The Hall–Kier alpha value is -4.20. The van der Waals surface area contributed by atoms with Gasteiger partial charge in [-0.1, -0.05) is 66.7 Å². The van der Waals surface area contributed by atoms with Gasteiger partial charge in [-0.2, -0.15) is 9.97 Å². The zero-order chi connectivity index (χ0) is 21.5. The quantitative estimate of drug-likeness (QED) is 0.431. The Morgan fingerprint density at radius 1 is 1.00 bits per heavy atom. The van der Waals surface area contributed by atoms with Gasteiger partial charge in [-0.3, -0.25) is 5.32 Å². The molecule has 2 aromatic carbocycles. The summed E-state index contributed by atoms with van der Waals surface area (Å²) in [6.45, 7) is 4.70. The normalized spacial score (nSPS) is 10.6. The van der Waals surface area contributed by atoms with Gasteiger partial charge in [0, 0.05) is 6.54 Å². The predicted molar refractivity (Wildman–Crippen MR) is 117 cm³/mol. The Balaban J connectivity index is 1.54. The molecule has 0 spiro atoms. The highest BCUT2D eigenvalue weighted by atomic mass is 16.5. The Labute approximate surface area is 179 Å². The van der Waals surface area contributed by atoms with Gasteiger partial charge in [0.25, 0.3) is 0 Å². The van der Waals surface area contributed by atoms with Crippen LogP contribution in [0, 0.1) is 0 Å². The second-order valence-electron chi connectivity index (χ2n) is 6.67. The van der Waals surface area contributed by atoms with Crippen LogP contribution in [0.2, 0.25) is 0 Å². The van der Waals surface area contributed by atoms with E-state index in [-0.39, 0.29) is 18.4 Å². The molecule has 2 aromatic heterocycles. The molecule has 0 bridgehead atoms. The Morgan fingerprint density at radius 3 is 2.35 bits per heavy atom. The first-order valence-electron chi connectivity index (χ1n) is 9.71. The fourth-order valence-electron chi connectivity index (χ4n) is 2.92. The van der Waals surface area contributed by atoms with Crippen LogP contribution < -0.4 is 10.1 Å². The molecule has 31 heavy (non-hydrogen) atoms. The van der Waals surface area contributed by atoms with Gasteiger partial charge >= 0.3 is 6.09 Å². The SMILES string of the molecule is C=CCn1cnc2c(OCc3ccccc3)nc(NC(=O)OCc3ccccc3)nc21. The fourth-order valence-corrected chi connectivity index (χ4v) is 2.92. The van der Waals surface area contributed by atoms with Crippen molar-refractivity contribution in [2.24, 2.45) is 0 Å². The molecule has 0 saturated heterocycles. The maximum Gasteiger partial charge on any atom is 0.414 e. The number of fused-ring (bicyclic) bond motifs is 1. The average molecular weight is 415 g/mol. The van der Waals surface area contributed by atoms with Crippen LogP contribution in [0.5, 0.6) is 5.88 Å². The van der Waals surface area contributed by atoms with Gasteiger partial charge < -0.3 is 14.0 Å². The lowest BCUT2D eigenvalue weighted by Crippen LogP contribution is -2.16. The van der Waals surface area contributed by atoms with E-state index in [1.807, 2.05) is 60.7 Å². The van der Waals surface area contributed by atoms with Crippen molar-refractivity contribution in [3.63, 3.8) is 0 Å². The fraction of sp³-hybridized carbons (Fsp3) is 0.130. The summed E-state index contributed by atoms with van der Waals surface area (Å²) in [6.07, 6.45) is 2.70. The van der Waals surface area contributed by atoms with E-state index < -0.39 is 6.09 Å². The second kappa shape index (κ2) is 9.53. The van der Waals surface area contributed by atoms with Gasteiger partial charge in [-0.25, -0.2) is 9.78 Å². The highest BCUT2D eigenvalue weighted by molar-refractivity contribution is 5.85. The average Bonchev–Trinajstić information content (AvgIpc) is 3.20. The second-order valence-corrected chi connectivity index (χ2v) is 6.67. The molecule has 0 aliphatic heterocycles. The van der Waals surface area contributed by atoms with Crippen molar-refractivity contribution in [1.29, 1.82) is 0 Å². The third-order valence-corrected chi connectivity index (χ3v) is 4.40. The number of allylic oxidation sites excluding steroid dienone is 1. The van der Waals surface area contributed by atoms with Crippen LogP contribution in [-0.4, -0.2) is 25.6 Å². The van der Waals surface area contributed by atoms with Crippen molar-refractivity contribution in [3.8, 4) is 5.88 Å². The summed E-state index contributed by atoms with van der Waals surface area (Å²) in [6, 6.07) is 19.1. The number of ether oxygens (including phenoxy) is 2. The zero-order valence-electron chi connectivity index (χ0n) is 16.8. The summed E-state index contributed by atoms with van der Waals surface area (Å²) in [4.78, 5) is 25.4. The molecule has 0 atom stereocenters. The molecule has 1 N–H and O–H groups in total. The van der Waals surface area contributed by atoms with Crippen LogP contribution in [0.1, 0.15) is 11.1 Å². The van der Waals surface area contributed by atoms with Crippen LogP contribution in [-0.2, 0) is 24.5 Å². The minimum atomic E-state index is -0.660. The first-order chi connectivity index (χ1) is 15.2. The molecule has 0 fully saturated rings. The maximum atomic E-state index is 12.3. The number of hydrogen-bond acceptors (Lipinski definition) is 6. The molecule has 4 aromatic rings. The number of hydrogen-bond donors (Lipinski definition) is 1. The largest absolute Gasteiger partial charge is 0.471 e. The molecular weight excluding hydrogens is 394 g/mol. The van der Waals surface area contributed by atoms with E-state index in [0.29, 0.717) is 24.3 Å². The monoisotopic (exact) mass is 415 g/mol. The van der Waals surface area contributed by atoms with Gasteiger partial charge in [0.15, 0.2) is 11.2 Å². The Morgan fingerprint density at radius 2 is 1.68 bits per heavy atom. The summed E-state index contributed by atoms with van der Waals surface area (Å²) in [5, 5.41) is 2.57. The highest BCUT2D eigenvalue weighted by Crippen LogP contribution is 2.24. The van der Waals surface area contributed by atoms with Gasteiger partial charge in [0.2, 0.25) is 11.8 Å². The topological polar surface area (TPSA) is 91.2 Å². The third kappa shape index (κ3) is 5.05. The van der Waals surface area contributed by atoms with E-state index in [4.69, 9.17) is 9.47 Å². The Bertz CT molecular complexity index is 1180. The predicted octanol–water partition coefficient (Wildman–Crippen LogP) is 4.34. The smallest absolute Gasteiger partial charge is 0.414 e. The number of carbonyl (C=O) groups is 1. The molecule has 8 heteroatoms. The highest BCUT2D eigenvalue weighted by Gasteiger charge is 2.16. The number of nitrogens with zero attached hydrogens (tertiary/aromatic N) is 4. The molecule has 0 unspecified atom stereocenters. The maximum absolute atomic E-state index is 12.3. The number of nitrogens with one attached hydrogen (secondary N) is 1. The van der Waals surface area contributed by atoms with Gasteiger partial charge in [0.1, 0.15) is 13.2 Å². The molecule has 4 rings (SSSR count). The van der Waals surface area contributed by atoms with Crippen molar-refractivity contribution < 1.29 is 14.3 Å². The van der Waals surface area contributed by atoms with E-state index in [9.17, 15) is 4.79 Å². The standard InChI is InChI=1S/C23H21N5O3/c1-2-13-28-16-24-19-20(28)25-22(26-21(19)30-14-17-9-5-3-6-10-17)27-23(29)31-15-18-11-7-4-8-12-18/h2-12,16H,1,13-15H2,(H,25,26,27,29). The van der Waals surface area contributed by atoms with Crippen molar-refractivity contribution in [3.05, 3.63) is 90.8 Å². The first-order valence-corrected chi connectivity index (χ1v) is 9.71. The molecular formula is C23H21N5O3.